The first kappa shape index (κ1) is 13.3. The minimum absolute atomic E-state index is 0.0401. The van der Waals surface area contributed by atoms with Crippen molar-refractivity contribution in [2.24, 2.45) is 0 Å². The van der Waals surface area contributed by atoms with E-state index in [-0.39, 0.29) is 5.41 Å². The monoisotopic (exact) mass is 280 g/mol. The van der Waals surface area contributed by atoms with E-state index in [2.05, 4.69) is 30.7 Å². The predicted molar refractivity (Wildman–Crippen MR) is 76.2 cm³/mol. The van der Waals surface area contributed by atoms with E-state index in [9.17, 15) is 0 Å². The van der Waals surface area contributed by atoms with Crippen molar-refractivity contribution in [1.82, 2.24) is 9.97 Å². The van der Waals surface area contributed by atoms with Crippen LogP contribution >= 0.6 is 23.2 Å². The molecule has 1 aromatic heterocycles. The van der Waals surface area contributed by atoms with Crippen LogP contribution in [-0.4, -0.2) is 9.97 Å². The molecular weight excluding hydrogens is 267 g/mol. The molecule has 18 heavy (non-hydrogen) atoms. The molecule has 0 aliphatic heterocycles. The van der Waals surface area contributed by atoms with Crippen LogP contribution in [0, 0.1) is 0 Å². The van der Waals surface area contributed by atoms with Crippen LogP contribution in [0.5, 0.6) is 0 Å². The zero-order valence-corrected chi connectivity index (χ0v) is 12.0. The average Bonchev–Trinajstić information content (AvgIpc) is 2.32. The van der Waals surface area contributed by atoms with Crippen LogP contribution in [0.25, 0.3) is 11.3 Å². The molecular formula is C14H14Cl2N2. The highest BCUT2D eigenvalue weighted by molar-refractivity contribution is 6.44. The molecule has 2 nitrogen and oxygen atoms in total. The van der Waals surface area contributed by atoms with Crippen LogP contribution in [0.15, 0.2) is 30.7 Å². The lowest BCUT2D eigenvalue weighted by molar-refractivity contribution is 0.590. The van der Waals surface area contributed by atoms with Crippen LogP contribution in [0.3, 0.4) is 0 Å². The van der Waals surface area contributed by atoms with Crippen molar-refractivity contribution >= 4 is 23.2 Å². The molecule has 0 aliphatic rings. The smallest absolute Gasteiger partial charge is 0.0900 e. The summed E-state index contributed by atoms with van der Waals surface area (Å²) in [6.45, 7) is 6.31. The Hall–Kier alpha value is -1.12. The van der Waals surface area contributed by atoms with Gasteiger partial charge in [0.2, 0.25) is 0 Å². The molecule has 0 spiro atoms. The Morgan fingerprint density at radius 2 is 1.72 bits per heavy atom. The first-order chi connectivity index (χ1) is 8.41. The third-order valence-electron chi connectivity index (χ3n) is 2.73. The Morgan fingerprint density at radius 1 is 1.00 bits per heavy atom. The number of halogens is 2. The second kappa shape index (κ2) is 4.87. The summed E-state index contributed by atoms with van der Waals surface area (Å²) in [5.74, 6) is 0. The third-order valence-corrected chi connectivity index (χ3v) is 3.61. The maximum absolute atomic E-state index is 6.35. The molecule has 0 saturated carbocycles. The largest absolute Gasteiger partial charge is 0.261 e. The summed E-state index contributed by atoms with van der Waals surface area (Å²) in [5, 5.41) is 1.12. The van der Waals surface area contributed by atoms with Crippen molar-refractivity contribution in [2.75, 3.05) is 0 Å². The molecule has 0 fully saturated rings. The SMILES string of the molecule is CC(C)(C)c1ccc(-c2cnccn2)c(Cl)c1Cl. The molecule has 2 aromatic rings. The van der Waals surface area contributed by atoms with Gasteiger partial charge in [0.05, 0.1) is 21.9 Å². The summed E-state index contributed by atoms with van der Waals surface area (Å²) >= 11 is 12.7. The van der Waals surface area contributed by atoms with E-state index in [1.54, 1.807) is 18.6 Å². The van der Waals surface area contributed by atoms with E-state index in [1.165, 1.54) is 0 Å². The lowest BCUT2D eigenvalue weighted by Gasteiger charge is -2.22. The van der Waals surface area contributed by atoms with Gasteiger partial charge in [0.25, 0.3) is 0 Å². The average molecular weight is 281 g/mol. The van der Waals surface area contributed by atoms with Crippen LogP contribution in [0.2, 0.25) is 10.0 Å². The second-order valence-corrected chi connectivity index (χ2v) is 5.89. The van der Waals surface area contributed by atoms with Gasteiger partial charge in [-0.2, -0.15) is 0 Å². The van der Waals surface area contributed by atoms with Crippen molar-refractivity contribution in [1.29, 1.82) is 0 Å². The van der Waals surface area contributed by atoms with Gasteiger partial charge >= 0.3 is 0 Å². The fourth-order valence-corrected chi connectivity index (χ4v) is 2.47. The predicted octanol–water partition coefficient (Wildman–Crippen LogP) is 4.75. The highest BCUT2D eigenvalue weighted by Gasteiger charge is 2.21. The van der Waals surface area contributed by atoms with Crippen LogP contribution in [0.4, 0.5) is 0 Å². The van der Waals surface area contributed by atoms with Gasteiger partial charge in [-0.3, -0.25) is 9.97 Å². The molecule has 1 aromatic carbocycles. The lowest BCUT2D eigenvalue weighted by atomic mass is 9.86. The Labute approximate surface area is 117 Å². The summed E-state index contributed by atoms with van der Waals surface area (Å²) < 4.78 is 0. The van der Waals surface area contributed by atoms with Crippen molar-refractivity contribution in [3.8, 4) is 11.3 Å². The van der Waals surface area contributed by atoms with Crippen LogP contribution < -0.4 is 0 Å². The molecule has 0 radical (unpaired) electrons. The maximum Gasteiger partial charge on any atom is 0.0900 e. The first-order valence-electron chi connectivity index (χ1n) is 5.66. The van der Waals surface area contributed by atoms with E-state index in [4.69, 9.17) is 23.2 Å². The normalized spacial score (nSPS) is 11.6. The standard InChI is InChI=1S/C14H14Cl2N2/c1-14(2,3)10-5-4-9(12(15)13(10)16)11-8-17-6-7-18-11/h4-8H,1-3H3. The summed E-state index contributed by atoms with van der Waals surface area (Å²) in [5.41, 5.74) is 2.52. The number of benzene rings is 1. The zero-order chi connectivity index (χ0) is 13.3. The van der Waals surface area contributed by atoms with Gasteiger partial charge in [0.15, 0.2) is 0 Å². The maximum atomic E-state index is 6.35. The highest BCUT2D eigenvalue weighted by atomic mass is 35.5. The molecule has 0 aliphatic carbocycles. The number of aromatic nitrogens is 2. The van der Waals surface area contributed by atoms with Gasteiger partial charge in [-0.25, -0.2) is 0 Å². The first-order valence-corrected chi connectivity index (χ1v) is 6.41. The molecule has 94 valence electrons. The van der Waals surface area contributed by atoms with E-state index in [0.717, 1.165) is 16.8 Å². The molecule has 0 unspecified atom stereocenters. The van der Waals surface area contributed by atoms with E-state index in [0.29, 0.717) is 10.0 Å². The quantitative estimate of drug-likeness (QED) is 0.754. The molecule has 0 amide bonds. The molecule has 2 rings (SSSR count). The van der Waals surface area contributed by atoms with E-state index >= 15 is 0 Å². The zero-order valence-electron chi connectivity index (χ0n) is 10.5. The van der Waals surface area contributed by atoms with Crippen molar-refractivity contribution in [2.45, 2.75) is 26.2 Å². The molecule has 0 bridgehead atoms. The molecule has 1 heterocycles. The second-order valence-electron chi connectivity index (χ2n) is 5.13. The minimum atomic E-state index is -0.0401. The molecule has 0 N–H and O–H groups in total. The third kappa shape index (κ3) is 2.50. The van der Waals surface area contributed by atoms with Crippen molar-refractivity contribution < 1.29 is 0 Å². The van der Waals surface area contributed by atoms with Gasteiger partial charge < -0.3 is 0 Å². The summed E-state index contributed by atoms with van der Waals surface area (Å²) in [6.07, 6.45) is 4.94. The minimum Gasteiger partial charge on any atom is -0.261 e. The van der Waals surface area contributed by atoms with Gasteiger partial charge in [0.1, 0.15) is 0 Å². The van der Waals surface area contributed by atoms with Gasteiger partial charge in [-0.1, -0.05) is 56.1 Å². The van der Waals surface area contributed by atoms with Gasteiger partial charge in [-0.15, -0.1) is 0 Å². The fourth-order valence-electron chi connectivity index (χ4n) is 1.76. The van der Waals surface area contributed by atoms with Crippen molar-refractivity contribution in [3.05, 3.63) is 46.3 Å². The number of hydrogen-bond donors (Lipinski definition) is 0. The van der Waals surface area contributed by atoms with Gasteiger partial charge in [0, 0.05) is 18.0 Å². The lowest BCUT2D eigenvalue weighted by Crippen LogP contribution is -2.12. The Balaban J connectivity index is 2.58. The van der Waals surface area contributed by atoms with E-state index < -0.39 is 0 Å². The fraction of sp³-hybridized carbons (Fsp3) is 0.286. The van der Waals surface area contributed by atoms with Crippen LogP contribution in [-0.2, 0) is 5.41 Å². The Morgan fingerprint density at radius 3 is 2.28 bits per heavy atom. The summed E-state index contributed by atoms with van der Waals surface area (Å²) in [6, 6.07) is 3.94. The van der Waals surface area contributed by atoms with E-state index in [1.807, 2.05) is 12.1 Å². The number of nitrogens with zero attached hydrogens (tertiary/aromatic N) is 2. The Bertz CT molecular complexity index is 560. The molecule has 0 saturated heterocycles. The molecule has 0 atom stereocenters. The molecule has 4 heteroatoms. The Kier molecular flexibility index (Phi) is 3.60. The van der Waals surface area contributed by atoms with Crippen LogP contribution in [0.1, 0.15) is 26.3 Å². The topological polar surface area (TPSA) is 25.8 Å². The van der Waals surface area contributed by atoms with Gasteiger partial charge in [-0.05, 0) is 11.0 Å². The number of hydrogen-bond acceptors (Lipinski definition) is 2. The summed E-state index contributed by atoms with van der Waals surface area (Å²) in [4.78, 5) is 8.28. The van der Waals surface area contributed by atoms with Crippen molar-refractivity contribution in [3.63, 3.8) is 0 Å². The highest BCUT2D eigenvalue weighted by Crippen LogP contribution is 2.39. The number of rotatable bonds is 1. The summed E-state index contributed by atoms with van der Waals surface area (Å²) in [7, 11) is 0.